The van der Waals surface area contributed by atoms with Gasteiger partial charge in [0, 0.05) is 23.7 Å². The highest BCUT2D eigenvalue weighted by Crippen LogP contribution is 2.25. The Kier molecular flexibility index (Phi) is 4.86. The number of aryl methyl sites for hydroxylation is 2. The molecule has 2 aromatic rings. The Hall–Kier alpha value is -2.33. The van der Waals surface area contributed by atoms with Crippen molar-refractivity contribution >= 4 is 29.2 Å². The van der Waals surface area contributed by atoms with Crippen LogP contribution in [-0.4, -0.2) is 23.5 Å². The van der Waals surface area contributed by atoms with Crippen molar-refractivity contribution in [3.8, 4) is 0 Å². The summed E-state index contributed by atoms with van der Waals surface area (Å²) in [5.74, 6) is -1.65. The number of amides is 1. The first kappa shape index (κ1) is 16.5. The summed E-state index contributed by atoms with van der Waals surface area (Å²) in [7, 11) is 0. The molecule has 1 atom stereocenters. The SMILES string of the molecule is O=C(O)C1CC(=O)N(c2ccc(CCc3ccc(Cl)cc3)cc2)C1. The molecule has 0 spiro atoms. The number of benzene rings is 2. The summed E-state index contributed by atoms with van der Waals surface area (Å²) in [5, 5.41) is 9.78. The van der Waals surface area contributed by atoms with E-state index >= 15 is 0 Å². The van der Waals surface area contributed by atoms with Crippen LogP contribution in [0.3, 0.4) is 0 Å². The van der Waals surface area contributed by atoms with Crippen LogP contribution < -0.4 is 4.90 Å². The summed E-state index contributed by atoms with van der Waals surface area (Å²) in [6.07, 6.45) is 1.89. The van der Waals surface area contributed by atoms with Crippen molar-refractivity contribution in [2.75, 3.05) is 11.4 Å². The van der Waals surface area contributed by atoms with Crippen molar-refractivity contribution in [2.45, 2.75) is 19.3 Å². The number of aliphatic carboxylic acids is 1. The molecule has 1 fully saturated rings. The van der Waals surface area contributed by atoms with E-state index in [0.29, 0.717) is 0 Å². The van der Waals surface area contributed by atoms with Crippen molar-refractivity contribution in [2.24, 2.45) is 5.92 Å². The predicted octanol–water partition coefficient (Wildman–Crippen LogP) is 3.56. The molecule has 3 rings (SSSR count). The normalized spacial score (nSPS) is 17.3. The Morgan fingerprint density at radius 2 is 1.58 bits per heavy atom. The number of hydrogen-bond acceptors (Lipinski definition) is 2. The number of carboxylic acids is 1. The van der Waals surface area contributed by atoms with Crippen LogP contribution in [0.5, 0.6) is 0 Å². The number of hydrogen-bond donors (Lipinski definition) is 1. The molecule has 1 aliphatic rings. The minimum Gasteiger partial charge on any atom is -0.481 e. The van der Waals surface area contributed by atoms with E-state index in [0.717, 1.165) is 23.6 Å². The van der Waals surface area contributed by atoms with Gasteiger partial charge in [-0.2, -0.15) is 0 Å². The lowest BCUT2D eigenvalue weighted by molar-refractivity contribution is -0.141. The lowest BCUT2D eigenvalue weighted by Gasteiger charge is -2.16. The summed E-state index contributed by atoms with van der Waals surface area (Å²) in [5.41, 5.74) is 3.16. The summed E-state index contributed by atoms with van der Waals surface area (Å²) < 4.78 is 0. The number of anilines is 1. The van der Waals surface area contributed by atoms with Crippen molar-refractivity contribution in [3.63, 3.8) is 0 Å². The van der Waals surface area contributed by atoms with E-state index in [-0.39, 0.29) is 18.9 Å². The third-order valence-corrected chi connectivity index (χ3v) is 4.59. The predicted molar refractivity (Wildman–Crippen MR) is 93.4 cm³/mol. The molecule has 1 aliphatic heterocycles. The minimum absolute atomic E-state index is 0.0770. The molecule has 1 unspecified atom stereocenters. The number of halogens is 1. The van der Waals surface area contributed by atoms with Gasteiger partial charge in [0.05, 0.1) is 5.92 Å². The van der Waals surface area contributed by atoms with Gasteiger partial charge in [0.25, 0.3) is 0 Å². The second kappa shape index (κ2) is 7.05. The Morgan fingerprint density at radius 3 is 2.08 bits per heavy atom. The first-order valence-electron chi connectivity index (χ1n) is 7.89. The van der Waals surface area contributed by atoms with Gasteiger partial charge in [0.1, 0.15) is 0 Å². The topological polar surface area (TPSA) is 57.6 Å². The Balaban J connectivity index is 1.62. The molecule has 1 heterocycles. The van der Waals surface area contributed by atoms with Crippen molar-refractivity contribution in [1.82, 2.24) is 0 Å². The fraction of sp³-hybridized carbons (Fsp3) is 0.263. The fourth-order valence-electron chi connectivity index (χ4n) is 2.90. The van der Waals surface area contributed by atoms with Crippen LogP contribution in [0.15, 0.2) is 48.5 Å². The molecule has 1 saturated heterocycles. The van der Waals surface area contributed by atoms with Gasteiger partial charge in [-0.3, -0.25) is 9.59 Å². The number of carbonyl (C=O) groups is 2. The van der Waals surface area contributed by atoms with E-state index in [1.807, 2.05) is 48.5 Å². The van der Waals surface area contributed by atoms with Crippen LogP contribution >= 0.6 is 11.6 Å². The van der Waals surface area contributed by atoms with E-state index < -0.39 is 11.9 Å². The van der Waals surface area contributed by atoms with E-state index in [1.165, 1.54) is 11.1 Å². The van der Waals surface area contributed by atoms with Gasteiger partial charge in [-0.15, -0.1) is 0 Å². The number of carboxylic acid groups (broad SMARTS) is 1. The van der Waals surface area contributed by atoms with Gasteiger partial charge in [-0.25, -0.2) is 0 Å². The molecular weight excluding hydrogens is 326 g/mol. The molecule has 0 bridgehead atoms. The van der Waals surface area contributed by atoms with E-state index in [2.05, 4.69) is 0 Å². The molecule has 24 heavy (non-hydrogen) atoms. The molecule has 4 nitrogen and oxygen atoms in total. The highest BCUT2D eigenvalue weighted by molar-refractivity contribution is 6.30. The van der Waals surface area contributed by atoms with Crippen molar-refractivity contribution in [1.29, 1.82) is 0 Å². The molecule has 0 saturated carbocycles. The molecular formula is C19H18ClNO3. The van der Waals surface area contributed by atoms with Crippen LogP contribution in [-0.2, 0) is 22.4 Å². The third kappa shape index (κ3) is 3.77. The zero-order chi connectivity index (χ0) is 17.1. The van der Waals surface area contributed by atoms with Gasteiger partial charge in [0.15, 0.2) is 0 Å². The van der Waals surface area contributed by atoms with E-state index in [4.69, 9.17) is 16.7 Å². The van der Waals surface area contributed by atoms with Crippen LogP contribution in [0.25, 0.3) is 0 Å². The van der Waals surface area contributed by atoms with Crippen LogP contribution in [0.4, 0.5) is 5.69 Å². The maximum absolute atomic E-state index is 12.0. The Labute approximate surface area is 145 Å². The third-order valence-electron chi connectivity index (χ3n) is 4.34. The lowest BCUT2D eigenvalue weighted by Crippen LogP contribution is -2.25. The first-order valence-corrected chi connectivity index (χ1v) is 8.27. The van der Waals surface area contributed by atoms with Crippen molar-refractivity contribution < 1.29 is 14.7 Å². The highest BCUT2D eigenvalue weighted by Gasteiger charge is 2.34. The maximum Gasteiger partial charge on any atom is 0.308 e. The monoisotopic (exact) mass is 343 g/mol. The molecule has 1 N–H and O–H groups in total. The molecule has 0 radical (unpaired) electrons. The second-order valence-electron chi connectivity index (χ2n) is 6.04. The summed E-state index contributed by atoms with van der Waals surface area (Å²) in [4.78, 5) is 24.6. The Bertz CT molecular complexity index is 740. The zero-order valence-corrected chi connectivity index (χ0v) is 13.9. The highest BCUT2D eigenvalue weighted by atomic mass is 35.5. The second-order valence-corrected chi connectivity index (χ2v) is 6.47. The summed E-state index contributed by atoms with van der Waals surface area (Å²) >= 11 is 5.88. The molecule has 2 aromatic carbocycles. The van der Waals surface area contributed by atoms with Gasteiger partial charge in [-0.1, -0.05) is 35.9 Å². The van der Waals surface area contributed by atoms with Gasteiger partial charge in [0.2, 0.25) is 5.91 Å². The zero-order valence-electron chi connectivity index (χ0n) is 13.1. The number of rotatable bonds is 5. The number of nitrogens with zero attached hydrogens (tertiary/aromatic N) is 1. The van der Waals surface area contributed by atoms with Crippen LogP contribution in [0.1, 0.15) is 17.5 Å². The van der Waals surface area contributed by atoms with Crippen molar-refractivity contribution in [3.05, 3.63) is 64.7 Å². The van der Waals surface area contributed by atoms with E-state index in [1.54, 1.807) is 4.90 Å². The fourth-order valence-corrected chi connectivity index (χ4v) is 3.03. The average Bonchev–Trinajstić information content (AvgIpc) is 2.97. The van der Waals surface area contributed by atoms with Gasteiger partial charge >= 0.3 is 5.97 Å². The molecule has 5 heteroatoms. The standard InChI is InChI=1S/C19H18ClNO3/c20-16-7-3-13(4-8-16)1-2-14-5-9-17(10-6-14)21-12-15(19(23)24)11-18(21)22/h3-10,15H,1-2,11-12H2,(H,23,24). The largest absolute Gasteiger partial charge is 0.481 e. The first-order chi connectivity index (χ1) is 11.5. The van der Waals surface area contributed by atoms with Crippen LogP contribution in [0.2, 0.25) is 5.02 Å². The number of carbonyl (C=O) groups excluding carboxylic acids is 1. The Morgan fingerprint density at radius 1 is 1.04 bits per heavy atom. The average molecular weight is 344 g/mol. The van der Waals surface area contributed by atoms with Crippen LogP contribution in [0, 0.1) is 5.92 Å². The molecule has 1 amide bonds. The van der Waals surface area contributed by atoms with E-state index in [9.17, 15) is 9.59 Å². The molecule has 0 aliphatic carbocycles. The summed E-state index contributed by atoms with van der Waals surface area (Å²) in [6, 6.07) is 15.6. The smallest absolute Gasteiger partial charge is 0.308 e. The quantitative estimate of drug-likeness (QED) is 0.903. The molecule has 124 valence electrons. The maximum atomic E-state index is 12.0. The van der Waals surface area contributed by atoms with Gasteiger partial charge in [-0.05, 0) is 48.2 Å². The minimum atomic E-state index is -0.912. The lowest BCUT2D eigenvalue weighted by atomic mass is 10.0. The molecule has 0 aromatic heterocycles. The van der Waals surface area contributed by atoms with Gasteiger partial charge < -0.3 is 10.0 Å². The summed E-state index contributed by atoms with van der Waals surface area (Å²) in [6.45, 7) is 0.248.